The summed E-state index contributed by atoms with van der Waals surface area (Å²) in [5.74, 6) is -2.87. The highest BCUT2D eigenvalue weighted by atomic mass is 16.5. The van der Waals surface area contributed by atoms with Gasteiger partial charge in [0.25, 0.3) is 5.91 Å². The average molecular weight is 346 g/mol. The lowest BCUT2D eigenvalue weighted by Crippen LogP contribution is -2.48. The number of allylic oxidation sites excluding steroid dienone is 2. The van der Waals surface area contributed by atoms with Crippen LogP contribution in [0, 0.1) is 11.8 Å². The number of rotatable bonds is 4. The lowest BCUT2D eigenvalue weighted by atomic mass is 9.76. The highest BCUT2D eigenvalue weighted by Crippen LogP contribution is 2.34. The van der Waals surface area contributed by atoms with Crippen LogP contribution in [0.4, 0.5) is 0 Å². The second kappa shape index (κ2) is 7.83. The maximum Gasteiger partial charge on any atom is 0.307 e. The van der Waals surface area contributed by atoms with Gasteiger partial charge in [-0.05, 0) is 51.0 Å². The summed E-state index contributed by atoms with van der Waals surface area (Å²) in [5, 5.41) is 9.36. The number of hydrogen-bond donors (Lipinski definition) is 3. The summed E-state index contributed by atoms with van der Waals surface area (Å²) in [5.41, 5.74) is 7.04. The van der Waals surface area contributed by atoms with Gasteiger partial charge in [-0.25, -0.2) is 0 Å². The smallest absolute Gasteiger partial charge is 0.307 e. The Morgan fingerprint density at radius 2 is 1.56 bits per heavy atom. The van der Waals surface area contributed by atoms with Gasteiger partial charge in [0.15, 0.2) is 0 Å². The van der Waals surface area contributed by atoms with E-state index >= 15 is 0 Å². The molecule has 0 radical (unpaired) electrons. The van der Waals surface area contributed by atoms with Crippen molar-refractivity contribution in [3.05, 3.63) is 41.0 Å². The van der Waals surface area contributed by atoms with Crippen LogP contribution in [0.1, 0.15) is 37.0 Å². The molecule has 0 fully saturated rings. The fraction of sp³-hybridized carbons (Fsp3) is 0.389. The molecule has 2 amide bonds. The first-order valence-electron chi connectivity index (χ1n) is 7.95. The third-order valence-electron chi connectivity index (χ3n) is 4.57. The van der Waals surface area contributed by atoms with E-state index in [-0.39, 0.29) is 0 Å². The number of carboxylic acids is 1. The first kappa shape index (κ1) is 18.5. The van der Waals surface area contributed by atoms with E-state index in [1.807, 2.05) is 13.8 Å². The van der Waals surface area contributed by atoms with Gasteiger partial charge in [-0.2, -0.15) is 0 Å². The fourth-order valence-electron chi connectivity index (χ4n) is 2.85. The first-order valence-corrected chi connectivity index (χ1v) is 7.95. The number of hydrazine groups is 1. The van der Waals surface area contributed by atoms with Gasteiger partial charge in [-0.3, -0.25) is 25.2 Å². The van der Waals surface area contributed by atoms with Crippen molar-refractivity contribution >= 4 is 17.8 Å². The van der Waals surface area contributed by atoms with Crippen LogP contribution < -0.4 is 15.6 Å². The van der Waals surface area contributed by atoms with Gasteiger partial charge in [0, 0.05) is 5.56 Å². The predicted octanol–water partition coefficient (Wildman–Crippen LogP) is 1.90. The minimum absolute atomic E-state index is 0.339. The van der Waals surface area contributed by atoms with Crippen LogP contribution in [0.3, 0.4) is 0 Å². The minimum Gasteiger partial charge on any atom is -0.497 e. The Morgan fingerprint density at radius 3 is 2.08 bits per heavy atom. The summed E-state index contributed by atoms with van der Waals surface area (Å²) in [4.78, 5) is 35.9. The van der Waals surface area contributed by atoms with Crippen molar-refractivity contribution in [3.8, 4) is 5.75 Å². The van der Waals surface area contributed by atoms with Gasteiger partial charge in [0.1, 0.15) is 5.75 Å². The number of benzene rings is 1. The van der Waals surface area contributed by atoms with Crippen LogP contribution in [0.15, 0.2) is 35.4 Å². The maximum absolute atomic E-state index is 12.4. The monoisotopic (exact) mass is 346 g/mol. The molecule has 0 heterocycles. The van der Waals surface area contributed by atoms with Gasteiger partial charge >= 0.3 is 5.97 Å². The zero-order valence-corrected chi connectivity index (χ0v) is 14.5. The maximum atomic E-state index is 12.4. The molecule has 1 aromatic carbocycles. The molecule has 25 heavy (non-hydrogen) atoms. The molecule has 3 N–H and O–H groups in total. The molecule has 1 aliphatic rings. The molecule has 7 nitrogen and oxygen atoms in total. The van der Waals surface area contributed by atoms with E-state index in [1.54, 1.807) is 24.3 Å². The molecule has 0 aliphatic heterocycles. The Labute approximate surface area is 146 Å². The predicted molar refractivity (Wildman–Crippen MR) is 90.8 cm³/mol. The zero-order valence-electron chi connectivity index (χ0n) is 14.5. The SMILES string of the molecule is COc1ccc(C(=O)NNC(=O)[C@H]2CC(C)=C(C)C[C@@H]2C(=O)O)cc1. The summed E-state index contributed by atoms with van der Waals surface area (Å²) >= 11 is 0. The second-order valence-corrected chi connectivity index (χ2v) is 6.19. The molecule has 0 saturated carbocycles. The van der Waals surface area contributed by atoms with Gasteiger partial charge in [0.2, 0.25) is 5.91 Å². The molecule has 7 heteroatoms. The third-order valence-corrected chi connectivity index (χ3v) is 4.57. The van der Waals surface area contributed by atoms with Gasteiger partial charge < -0.3 is 9.84 Å². The molecule has 2 atom stereocenters. The normalized spacial score (nSPS) is 20.0. The van der Waals surface area contributed by atoms with Crippen LogP contribution in [-0.2, 0) is 9.59 Å². The average Bonchev–Trinajstić information content (AvgIpc) is 2.61. The van der Waals surface area contributed by atoms with E-state index in [1.165, 1.54) is 7.11 Å². The number of ether oxygens (including phenoxy) is 1. The molecule has 0 spiro atoms. The lowest BCUT2D eigenvalue weighted by molar-refractivity contribution is -0.147. The van der Waals surface area contributed by atoms with Crippen molar-refractivity contribution in [3.63, 3.8) is 0 Å². The summed E-state index contributed by atoms with van der Waals surface area (Å²) in [6.45, 7) is 3.77. The van der Waals surface area contributed by atoms with Crippen LogP contribution in [0.5, 0.6) is 5.75 Å². The van der Waals surface area contributed by atoms with Crippen molar-refractivity contribution in [2.75, 3.05) is 7.11 Å². The number of carboxylic acid groups (broad SMARTS) is 1. The Kier molecular flexibility index (Phi) is 5.80. The topological polar surface area (TPSA) is 105 Å². The van der Waals surface area contributed by atoms with Crippen molar-refractivity contribution in [1.29, 1.82) is 0 Å². The number of aliphatic carboxylic acids is 1. The van der Waals surface area contributed by atoms with Crippen LogP contribution in [0.25, 0.3) is 0 Å². The van der Waals surface area contributed by atoms with E-state index in [2.05, 4.69) is 10.9 Å². The summed E-state index contributed by atoms with van der Waals surface area (Å²) in [6.07, 6.45) is 0.707. The molecule has 0 aromatic heterocycles. The van der Waals surface area contributed by atoms with E-state index < -0.39 is 29.6 Å². The van der Waals surface area contributed by atoms with E-state index in [0.717, 1.165) is 11.1 Å². The second-order valence-electron chi connectivity index (χ2n) is 6.19. The molecule has 0 bridgehead atoms. The van der Waals surface area contributed by atoms with Crippen molar-refractivity contribution in [1.82, 2.24) is 10.9 Å². The molecular formula is C18H22N2O5. The highest BCUT2D eigenvalue weighted by molar-refractivity contribution is 5.96. The first-order chi connectivity index (χ1) is 11.8. The Bertz CT molecular complexity index is 709. The quantitative estimate of drug-likeness (QED) is 0.570. The molecule has 1 aromatic rings. The Hall–Kier alpha value is -2.83. The number of carbonyl (C=O) groups excluding carboxylic acids is 2. The van der Waals surface area contributed by atoms with E-state index in [9.17, 15) is 19.5 Å². The van der Waals surface area contributed by atoms with E-state index in [0.29, 0.717) is 24.2 Å². The third kappa shape index (κ3) is 4.37. The summed E-state index contributed by atoms with van der Waals surface area (Å²) in [6, 6.07) is 6.40. The fourth-order valence-corrected chi connectivity index (χ4v) is 2.85. The minimum atomic E-state index is -1.01. The van der Waals surface area contributed by atoms with Crippen LogP contribution >= 0.6 is 0 Å². The lowest BCUT2D eigenvalue weighted by Gasteiger charge is -2.29. The summed E-state index contributed by atoms with van der Waals surface area (Å²) in [7, 11) is 1.52. The van der Waals surface area contributed by atoms with Crippen molar-refractivity contribution in [2.45, 2.75) is 26.7 Å². The van der Waals surface area contributed by atoms with Crippen LogP contribution in [0.2, 0.25) is 0 Å². The number of amides is 2. The summed E-state index contributed by atoms with van der Waals surface area (Å²) < 4.78 is 5.02. The molecule has 1 aliphatic carbocycles. The Morgan fingerprint density at radius 1 is 1.00 bits per heavy atom. The molecule has 0 unspecified atom stereocenters. The van der Waals surface area contributed by atoms with Crippen LogP contribution in [-0.4, -0.2) is 30.0 Å². The molecule has 134 valence electrons. The molecule has 0 saturated heterocycles. The Balaban J connectivity index is 2.00. The number of nitrogens with one attached hydrogen (secondary N) is 2. The van der Waals surface area contributed by atoms with Crippen molar-refractivity contribution in [2.24, 2.45) is 11.8 Å². The van der Waals surface area contributed by atoms with Gasteiger partial charge in [-0.1, -0.05) is 11.1 Å². The van der Waals surface area contributed by atoms with E-state index in [4.69, 9.17) is 4.74 Å². The van der Waals surface area contributed by atoms with Gasteiger partial charge in [-0.15, -0.1) is 0 Å². The number of hydrogen-bond acceptors (Lipinski definition) is 4. The number of methoxy groups -OCH3 is 1. The molecule has 2 rings (SSSR count). The zero-order chi connectivity index (χ0) is 18.6. The standard InChI is InChI=1S/C18H22N2O5/c1-10-8-14(15(18(23)24)9-11(10)2)17(22)20-19-16(21)12-4-6-13(25-3)7-5-12/h4-7,14-15H,8-9H2,1-3H3,(H,19,21)(H,20,22)(H,23,24)/t14-,15-/m0/s1. The molecular weight excluding hydrogens is 324 g/mol. The van der Waals surface area contributed by atoms with Crippen molar-refractivity contribution < 1.29 is 24.2 Å². The highest BCUT2D eigenvalue weighted by Gasteiger charge is 2.37. The van der Waals surface area contributed by atoms with Gasteiger partial charge in [0.05, 0.1) is 18.9 Å². The largest absolute Gasteiger partial charge is 0.497 e. The number of carbonyl (C=O) groups is 3.